The zero-order chi connectivity index (χ0) is 22.0. The lowest BCUT2D eigenvalue weighted by Gasteiger charge is -2.10. The monoisotopic (exact) mass is 453 g/mol. The minimum Gasteiger partial charge on any atom is -0.319 e. The van der Waals surface area contributed by atoms with E-state index in [-0.39, 0.29) is 5.91 Å². The van der Waals surface area contributed by atoms with Gasteiger partial charge in [-0.2, -0.15) is 10.2 Å². The molecule has 2 aromatic heterocycles. The SMILES string of the molecule is Cc1nn(Cc2c(Cl)cccc2Cl)c(C)c1NC(=O)c1cccc(Cn2cccn2)c1. The van der Waals surface area contributed by atoms with Gasteiger partial charge in [-0.25, -0.2) is 0 Å². The van der Waals surface area contributed by atoms with E-state index in [1.165, 1.54) is 0 Å². The van der Waals surface area contributed by atoms with E-state index in [4.69, 9.17) is 23.2 Å². The molecule has 0 aliphatic heterocycles. The molecule has 2 heterocycles. The van der Waals surface area contributed by atoms with E-state index in [9.17, 15) is 4.79 Å². The van der Waals surface area contributed by atoms with Gasteiger partial charge in [0, 0.05) is 33.6 Å². The summed E-state index contributed by atoms with van der Waals surface area (Å²) in [5.74, 6) is -0.191. The Kier molecular flexibility index (Phi) is 6.11. The molecule has 0 saturated carbocycles. The average molecular weight is 454 g/mol. The zero-order valence-electron chi connectivity index (χ0n) is 17.1. The number of hydrogen-bond donors (Lipinski definition) is 1. The second-order valence-corrected chi connectivity index (χ2v) is 8.08. The van der Waals surface area contributed by atoms with Crippen molar-refractivity contribution in [2.45, 2.75) is 26.9 Å². The molecule has 0 unspecified atom stereocenters. The fourth-order valence-electron chi connectivity index (χ4n) is 3.44. The van der Waals surface area contributed by atoms with Crippen LogP contribution in [0.3, 0.4) is 0 Å². The predicted molar refractivity (Wildman–Crippen MR) is 123 cm³/mol. The van der Waals surface area contributed by atoms with Crippen molar-refractivity contribution in [3.05, 3.63) is 99.0 Å². The number of carbonyl (C=O) groups is 1. The molecule has 0 atom stereocenters. The number of amides is 1. The van der Waals surface area contributed by atoms with E-state index in [0.29, 0.717) is 34.4 Å². The summed E-state index contributed by atoms with van der Waals surface area (Å²) in [5, 5.41) is 13.0. The first kappa shape index (κ1) is 21.2. The number of nitrogens with one attached hydrogen (secondary N) is 1. The largest absolute Gasteiger partial charge is 0.319 e. The third-order valence-corrected chi connectivity index (χ3v) is 5.79. The maximum atomic E-state index is 12.9. The molecule has 0 spiro atoms. The molecule has 0 aliphatic rings. The Hall–Kier alpha value is -3.09. The maximum absolute atomic E-state index is 12.9. The molecule has 0 radical (unpaired) electrons. The van der Waals surface area contributed by atoms with Crippen LogP contribution >= 0.6 is 23.2 Å². The smallest absolute Gasteiger partial charge is 0.255 e. The number of carbonyl (C=O) groups excluding carboxylic acids is 1. The molecule has 4 rings (SSSR count). The summed E-state index contributed by atoms with van der Waals surface area (Å²) < 4.78 is 3.61. The fourth-order valence-corrected chi connectivity index (χ4v) is 3.96. The number of anilines is 1. The van der Waals surface area contributed by atoms with Crippen molar-refractivity contribution in [2.75, 3.05) is 5.32 Å². The standard InChI is InChI=1S/C23H21Cl2N5O/c1-15-22(16(2)30(28-15)14-19-20(24)8-4-9-21(19)25)27-23(31)18-7-3-6-17(12-18)13-29-11-5-10-26-29/h3-12H,13-14H2,1-2H3,(H,27,31). The lowest BCUT2D eigenvalue weighted by molar-refractivity contribution is 0.102. The minimum absolute atomic E-state index is 0.191. The first-order valence-corrected chi connectivity index (χ1v) is 10.5. The van der Waals surface area contributed by atoms with Gasteiger partial charge < -0.3 is 5.32 Å². The minimum atomic E-state index is -0.191. The van der Waals surface area contributed by atoms with Crippen LogP contribution in [0.5, 0.6) is 0 Å². The predicted octanol–water partition coefficient (Wildman–Crippen LogP) is 5.35. The van der Waals surface area contributed by atoms with Crippen molar-refractivity contribution < 1.29 is 4.79 Å². The summed E-state index contributed by atoms with van der Waals surface area (Å²) in [4.78, 5) is 12.9. The second-order valence-electron chi connectivity index (χ2n) is 7.26. The zero-order valence-corrected chi connectivity index (χ0v) is 18.7. The lowest BCUT2D eigenvalue weighted by atomic mass is 10.1. The lowest BCUT2D eigenvalue weighted by Crippen LogP contribution is -2.14. The van der Waals surface area contributed by atoms with E-state index in [2.05, 4.69) is 15.5 Å². The van der Waals surface area contributed by atoms with Gasteiger partial charge >= 0.3 is 0 Å². The van der Waals surface area contributed by atoms with Crippen LogP contribution in [0, 0.1) is 13.8 Å². The number of hydrogen-bond acceptors (Lipinski definition) is 3. The number of halogens is 2. The summed E-state index contributed by atoms with van der Waals surface area (Å²) in [7, 11) is 0. The molecule has 8 heteroatoms. The van der Waals surface area contributed by atoms with Crippen LogP contribution in [-0.4, -0.2) is 25.5 Å². The molecule has 1 amide bonds. The Balaban J connectivity index is 1.54. The third kappa shape index (κ3) is 4.65. The molecule has 6 nitrogen and oxygen atoms in total. The first-order chi connectivity index (χ1) is 14.9. The average Bonchev–Trinajstić information content (AvgIpc) is 3.34. The first-order valence-electron chi connectivity index (χ1n) is 9.77. The van der Waals surface area contributed by atoms with Gasteiger partial charge in [-0.15, -0.1) is 0 Å². The maximum Gasteiger partial charge on any atom is 0.255 e. The van der Waals surface area contributed by atoms with Crippen LogP contribution in [0.25, 0.3) is 0 Å². The number of nitrogens with zero attached hydrogens (tertiary/aromatic N) is 4. The van der Waals surface area contributed by atoms with Crippen molar-refractivity contribution in [3.8, 4) is 0 Å². The van der Waals surface area contributed by atoms with Crippen LogP contribution in [0.1, 0.15) is 32.9 Å². The van der Waals surface area contributed by atoms with E-state index in [0.717, 1.165) is 22.5 Å². The summed E-state index contributed by atoms with van der Waals surface area (Å²) in [5.41, 5.74) is 4.60. The van der Waals surface area contributed by atoms with Gasteiger partial charge in [0.05, 0.1) is 30.2 Å². The second kappa shape index (κ2) is 8.96. The Bertz CT molecular complexity index is 1210. The summed E-state index contributed by atoms with van der Waals surface area (Å²) in [6.45, 7) is 4.79. The van der Waals surface area contributed by atoms with E-state index in [1.807, 2.05) is 55.1 Å². The van der Waals surface area contributed by atoms with E-state index in [1.54, 1.807) is 29.1 Å². The summed E-state index contributed by atoms with van der Waals surface area (Å²) >= 11 is 12.6. The highest BCUT2D eigenvalue weighted by Gasteiger charge is 2.17. The van der Waals surface area contributed by atoms with Crippen molar-refractivity contribution in [1.29, 1.82) is 0 Å². The molecule has 0 fully saturated rings. The molecule has 0 bridgehead atoms. The van der Waals surface area contributed by atoms with Gasteiger partial charge in [0.2, 0.25) is 0 Å². The Morgan fingerprint density at radius 3 is 2.48 bits per heavy atom. The van der Waals surface area contributed by atoms with Gasteiger partial charge in [0.25, 0.3) is 5.91 Å². The van der Waals surface area contributed by atoms with Crippen molar-refractivity contribution in [2.24, 2.45) is 0 Å². The molecular weight excluding hydrogens is 433 g/mol. The van der Waals surface area contributed by atoms with Gasteiger partial charge in [-0.3, -0.25) is 14.2 Å². The van der Waals surface area contributed by atoms with Crippen LogP contribution in [-0.2, 0) is 13.1 Å². The molecule has 1 N–H and O–H groups in total. The van der Waals surface area contributed by atoms with Crippen molar-refractivity contribution in [1.82, 2.24) is 19.6 Å². The molecular formula is C23H21Cl2N5O. The van der Waals surface area contributed by atoms with Crippen LogP contribution < -0.4 is 5.32 Å². The van der Waals surface area contributed by atoms with E-state index < -0.39 is 0 Å². The van der Waals surface area contributed by atoms with Crippen molar-refractivity contribution in [3.63, 3.8) is 0 Å². The molecule has 158 valence electrons. The topological polar surface area (TPSA) is 64.7 Å². The van der Waals surface area contributed by atoms with Gasteiger partial charge in [-0.1, -0.05) is 41.4 Å². The molecule has 0 saturated heterocycles. The van der Waals surface area contributed by atoms with Gasteiger partial charge in [0.1, 0.15) is 0 Å². The number of rotatable bonds is 6. The highest BCUT2D eigenvalue weighted by molar-refractivity contribution is 6.36. The summed E-state index contributed by atoms with van der Waals surface area (Å²) in [6.07, 6.45) is 3.62. The van der Waals surface area contributed by atoms with Crippen LogP contribution in [0.4, 0.5) is 5.69 Å². The number of aryl methyl sites for hydroxylation is 1. The van der Waals surface area contributed by atoms with Crippen LogP contribution in [0.2, 0.25) is 10.0 Å². The van der Waals surface area contributed by atoms with Gasteiger partial charge in [-0.05, 0) is 49.7 Å². The highest BCUT2D eigenvalue weighted by atomic mass is 35.5. The van der Waals surface area contributed by atoms with E-state index >= 15 is 0 Å². The summed E-state index contributed by atoms with van der Waals surface area (Å²) in [6, 6.07) is 14.8. The number of benzene rings is 2. The Morgan fingerprint density at radius 2 is 1.77 bits per heavy atom. The molecule has 4 aromatic rings. The third-order valence-electron chi connectivity index (χ3n) is 5.08. The Morgan fingerprint density at radius 1 is 1.03 bits per heavy atom. The molecule has 31 heavy (non-hydrogen) atoms. The number of aromatic nitrogens is 4. The van der Waals surface area contributed by atoms with Crippen LogP contribution in [0.15, 0.2) is 60.9 Å². The Labute approximate surface area is 190 Å². The quantitative estimate of drug-likeness (QED) is 0.427. The highest BCUT2D eigenvalue weighted by Crippen LogP contribution is 2.27. The molecule has 2 aromatic carbocycles. The normalized spacial score (nSPS) is 11.0. The molecule has 0 aliphatic carbocycles. The van der Waals surface area contributed by atoms with Gasteiger partial charge in [0.15, 0.2) is 0 Å². The van der Waals surface area contributed by atoms with Crippen molar-refractivity contribution >= 4 is 34.8 Å². The fraction of sp³-hybridized carbons (Fsp3) is 0.174.